The second-order valence-corrected chi connectivity index (χ2v) is 9.43. The lowest BCUT2D eigenvalue weighted by Crippen LogP contribution is -2.69. The number of hydrazine groups is 1. The van der Waals surface area contributed by atoms with E-state index >= 15 is 0 Å². The Hall–Kier alpha value is -2.67. The number of hydrogen-bond donors (Lipinski definition) is 1. The van der Waals surface area contributed by atoms with Crippen LogP contribution in [0.15, 0.2) is 61.2 Å². The molecule has 3 atom stereocenters. The highest BCUT2D eigenvalue weighted by molar-refractivity contribution is 5.93. The quantitative estimate of drug-likeness (QED) is 0.630. The van der Waals surface area contributed by atoms with Crippen molar-refractivity contribution < 1.29 is 9.53 Å². The first-order valence-electron chi connectivity index (χ1n) is 12.1. The number of fused-ring (bicyclic) bond motifs is 2. The van der Waals surface area contributed by atoms with E-state index in [1.54, 1.807) is 7.11 Å². The molecule has 2 bridgehead atoms. The van der Waals surface area contributed by atoms with Crippen molar-refractivity contribution in [3.8, 4) is 5.75 Å². The predicted octanol–water partition coefficient (Wildman–Crippen LogP) is 3.47. The number of rotatable bonds is 8. The first-order valence-corrected chi connectivity index (χ1v) is 12.1. The van der Waals surface area contributed by atoms with Crippen molar-refractivity contribution in [2.75, 3.05) is 39.8 Å². The van der Waals surface area contributed by atoms with Crippen LogP contribution in [0.25, 0.3) is 0 Å². The smallest absolute Gasteiger partial charge is 0.265 e. The summed E-state index contributed by atoms with van der Waals surface area (Å²) < 4.78 is 5.53. The highest BCUT2D eigenvalue weighted by Crippen LogP contribution is 2.43. The number of ether oxygens (including phenoxy) is 1. The molecular weight excluding hydrogens is 412 g/mol. The Balaban J connectivity index is 1.40. The van der Waals surface area contributed by atoms with Crippen molar-refractivity contribution >= 4 is 5.91 Å². The highest BCUT2D eigenvalue weighted by atomic mass is 16.5. The molecule has 1 amide bonds. The molecular formula is C27H34N4O2. The molecule has 6 heteroatoms. The van der Waals surface area contributed by atoms with Gasteiger partial charge in [-0.15, -0.1) is 6.58 Å². The molecule has 6 nitrogen and oxygen atoms in total. The third-order valence-corrected chi connectivity index (χ3v) is 7.27. The fourth-order valence-corrected chi connectivity index (χ4v) is 5.68. The van der Waals surface area contributed by atoms with Crippen LogP contribution in [0.5, 0.6) is 5.75 Å². The summed E-state index contributed by atoms with van der Waals surface area (Å²) in [5, 5.41) is 2.02. The lowest BCUT2D eigenvalue weighted by atomic mass is 9.81. The molecule has 4 aliphatic rings. The van der Waals surface area contributed by atoms with Crippen molar-refractivity contribution in [3.63, 3.8) is 0 Å². The maximum absolute atomic E-state index is 12.7. The van der Waals surface area contributed by atoms with Crippen LogP contribution in [0.2, 0.25) is 0 Å². The molecule has 1 N–H and O–H groups in total. The fourth-order valence-electron chi connectivity index (χ4n) is 5.68. The molecule has 0 saturated carbocycles. The van der Waals surface area contributed by atoms with Gasteiger partial charge in [0.05, 0.1) is 13.2 Å². The summed E-state index contributed by atoms with van der Waals surface area (Å²) in [4.78, 5) is 17.9. The second kappa shape index (κ2) is 9.67. The Morgan fingerprint density at radius 1 is 1.12 bits per heavy atom. The van der Waals surface area contributed by atoms with Gasteiger partial charge in [0.2, 0.25) is 0 Å². The Bertz CT molecular complexity index is 974. The van der Waals surface area contributed by atoms with E-state index in [2.05, 4.69) is 52.1 Å². The van der Waals surface area contributed by atoms with Gasteiger partial charge in [-0.25, -0.2) is 5.01 Å². The molecule has 4 heterocycles. The summed E-state index contributed by atoms with van der Waals surface area (Å²) in [6, 6.07) is 17.8. The Morgan fingerprint density at radius 2 is 1.85 bits per heavy atom. The zero-order valence-electron chi connectivity index (χ0n) is 19.5. The average Bonchev–Trinajstić information content (AvgIpc) is 3.36. The van der Waals surface area contributed by atoms with Gasteiger partial charge in [-0.05, 0) is 54.7 Å². The predicted molar refractivity (Wildman–Crippen MR) is 130 cm³/mol. The van der Waals surface area contributed by atoms with Gasteiger partial charge in [-0.2, -0.15) is 0 Å². The molecule has 33 heavy (non-hydrogen) atoms. The van der Waals surface area contributed by atoms with E-state index in [9.17, 15) is 4.79 Å². The summed E-state index contributed by atoms with van der Waals surface area (Å²) in [5.74, 6) is 0.848. The number of piperidine rings is 1. The van der Waals surface area contributed by atoms with Crippen molar-refractivity contribution in [2.45, 2.75) is 37.4 Å². The number of amides is 1. The van der Waals surface area contributed by atoms with Crippen molar-refractivity contribution in [1.82, 2.24) is 20.2 Å². The van der Waals surface area contributed by atoms with Gasteiger partial charge < -0.3 is 4.74 Å². The van der Waals surface area contributed by atoms with E-state index in [0.29, 0.717) is 17.6 Å². The first-order chi connectivity index (χ1) is 16.2. The monoisotopic (exact) mass is 446 g/mol. The molecule has 2 aromatic carbocycles. The highest BCUT2D eigenvalue weighted by Gasteiger charge is 2.48. The normalized spacial score (nSPS) is 24.2. The van der Waals surface area contributed by atoms with Crippen LogP contribution in [0.3, 0.4) is 0 Å². The molecule has 4 fully saturated rings. The maximum Gasteiger partial charge on any atom is 0.265 e. The average molecular weight is 447 g/mol. The van der Waals surface area contributed by atoms with Crippen LogP contribution in [-0.4, -0.2) is 72.6 Å². The minimum atomic E-state index is -0.0257. The van der Waals surface area contributed by atoms with Gasteiger partial charge in [0.1, 0.15) is 5.75 Å². The summed E-state index contributed by atoms with van der Waals surface area (Å²) in [7, 11) is 1.72. The second-order valence-electron chi connectivity index (χ2n) is 9.43. The zero-order chi connectivity index (χ0) is 22.8. The summed E-state index contributed by atoms with van der Waals surface area (Å²) in [6.45, 7) is 8.87. The number of carbonyl (C=O) groups excluding carboxylic acids is 1. The Labute approximate surface area is 196 Å². The maximum atomic E-state index is 12.7. The van der Waals surface area contributed by atoms with E-state index in [-0.39, 0.29) is 11.9 Å². The number of carbonyl (C=O) groups is 1. The zero-order valence-corrected chi connectivity index (χ0v) is 19.5. The molecule has 0 radical (unpaired) electrons. The van der Waals surface area contributed by atoms with Gasteiger partial charge in [0.25, 0.3) is 5.91 Å². The van der Waals surface area contributed by atoms with Crippen LogP contribution in [0, 0.1) is 0 Å². The molecule has 174 valence electrons. The standard InChI is InChI=1S/C27H34N4O2/c1-3-13-29-18-23-17-24(19-29)31(23)26(22-7-6-8-25(16-22)33-2)20-9-11-21(12-10-20)27(32)28-30-14-4-5-15-30/h3,6-12,16,23-24,26H,1,4-5,13-15,17-19H2,2H3,(H,28,32). The van der Waals surface area contributed by atoms with Crippen molar-refractivity contribution in [3.05, 3.63) is 77.9 Å². The van der Waals surface area contributed by atoms with E-state index in [1.807, 2.05) is 29.3 Å². The summed E-state index contributed by atoms with van der Waals surface area (Å²) in [5.41, 5.74) is 6.19. The van der Waals surface area contributed by atoms with Crippen LogP contribution >= 0.6 is 0 Å². The molecule has 0 spiro atoms. The fraction of sp³-hybridized carbons (Fsp3) is 0.444. The molecule has 0 aliphatic carbocycles. The number of methoxy groups -OCH3 is 1. The SMILES string of the molecule is C=CCN1CC2CC(C1)N2C(c1ccc(C(=O)NN2CCCC2)cc1)c1cccc(OC)c1. The van der Waals surface area contributed by atoms with Crippen LogP contribution in [-0.2, 0) is 0 Å². The lowest BCUT2D eigenvalue weighted by molar-refractivity contribution is -0.0850. The Morgan fingerprint density at radius 3 is 2.52 bits per heavy atom. The Kier molecular flexibility index (Phi) is 6.49. The molecule has 3 unspecified atom stereocenters. The van der Waals surface area contributed by atoms with Crippen LogP contribution < -0.4 is 10.2 Å². The van der Waals surface area contributed by atoms with E-state index < -0.39 is 0 Å². The van der Waals surface area contributed by atoms with Gasteiger partial charge in [0, 0.05) is 50.4 Å². The molecule has 0 aromatic heterocycles. The number of nitrogens with one attached hydrogen (secondary N) is 1. The summed E-state index contributed by atoms with van der Waals surface area (Å²) >= 11 is 0. The lowest BCUT2D eigenvalue weighted by Gasteiger charge is -2.59. The number of nitrogens with zero attached hydrogens (tertiary/aromatic N) is 3. The minimum absolute atomic E-state index is 0.0257. The molecule has 4 saturated heterocycles. The van der Waals surface area contributed by atoms with Crippen molar-refractivity contribution in [1.29, 1.82) is 0 Å². The van der Waals surface area contributed by atoms with E-state index in [4.69, 9.17) is 4.74 Å². The van der Waals surface area contributed by atoms with E-state index in [0.717, 1.165) is 51.3 Å². The van der Waals surface area contributed by atoms with Crippen LogP contribution in [0.1, 0.15) is 46.8 Å². The topological polar surface area (TPSA) is 48.0 Å². The largest absolute Gasteiger partial charge is 0.497 e. The van der Waals surface area contributed by atoms with Gasteiger partial charge >= 0.3 is 0 Å². The third-order valence-electron chi connectivity index (χ3n) is 7.27. The third kappa shape index (κ3) is 4.56. The van der Waals surface area contributed by atoms with Crippen molar-refractivity contribution in [2.24, 2.45) is 0 Å². The van der Waals surface area contributed by atoms with Gasteiger partial charge in [0.15, 0.2) is 0 Å². The molecule has 6 rings (SSSR count). The van der Waals surface area contributed by atoms with E-state index in [1.165, 1.54) is 17.5 Å². The first kappa shape index (κ1) is 22.1. The van der Waals surface area contributed by atoms with Crippen LogP contribution in [0.4, 0.5) is 0 Å². The number of hydrogen-bond acceptors (Lipinski definition) is 5. The van der Waals surface area contributed by atoms with Gasteiger partial charge in [-0.1, -0.05) is 30.3 Å². The number of piperazine rings is 1. The van der Waals surface area contributed by atoms with Gasteiger partial charge in [-0.3, -0.25) is 20.0 Å². The number of benzene rings is 2. The minimum Gasteiger partial charge on any atom is -0.497 e. The summed E-state index contributed by atoms with van der Waals surface area (Å²) in [6.07, 6.45) is 5.53. The molecule has 4 aliphatic heterocycles. The molecule has 2 aromatic rings.